The molecule has 1 N–H and O–H groups in total. The Bertz CT molecular complexity index is 556. The van der Waals surface area contributed by atoms with E-state index in [1.54, 1.807) is 25.2 Å². The topological polar surface area (TPSA) is 58.6 Å². The van der Waals surface area contributed by atoms with Crippen LogP contribution in [0.5, 0.6) is 0 Å². The minimum absolute atomic E-state index is 0.333. The Kier molecular flexibility index (Phi) is 5.75. The van der Waals surface area contributed by atoms with Crippen LogP contribution in [0.2, 0.25) is 0 Å². The monoisotopic (exact) mass is 312 g/mol. The molecule has 0 spiro atoms. The molecule has 6 heteroatoms. The predicted molar refractivity (Wildman–Crippen MR) is 82.6 cm³/mol. The molecule has 1 aliphatic carbocycles. The van der Waals surface area contributed by atoms with Gasteiger partial charge in [0, 0.05) is 26.7 Å². The van der Waals surface area contributed by atoms with Gasteiger partial charge in [-0.25, -0.2) is 8.42 Å². The molecule has 0 atom stereocenters. The van der Waals surface area contributed by atoms with Gasteiger partial charge < -0.3 is 10.1 Å². The molecule has 0 bridgehead atoms. The summed E-state index contributed by atoms with van der Waals surface area (Å²) < 4.78 is 31.8. The predicted octanol–water partition coefficient (Wildman–Crippen LogP) is 1.45. The number of rotatable bonds is 9. The van der Waals surface area contributed by atoms with Crippen molar-refractivity contribution in [2.24, 2.45) is 5.92 Å². The van der Waals surface area contributed by atoms with E-state index in [0.717, 1.165) is 12.2 Å². The SMILES string of the molecule is CNCc1cccc(S(=O)(=O)N(C)CCOCC2CC2)c1. The van der Waals surface area contributed by atoms with Crippen LogP contribution in [0.4, 0.5) is 0 Å². The molecular weight excluding hydrogens is 288 g/mol. The number of nitrogens with zero attached hydrogens (tertiary/aromatic N) is 1. The molecule has 0 amide bonds. The molecule has 0 saturated heterocycles. The molecule has 2 rings (SSSR count). The van der Waals surface area contributed by atoms with Gasteiger partial charge in [-0.15, -0.1) is 0 Å². The maximum Gasteiger partial charge on any atom is 0.242 e. The average Bonchev–Trinajstić information content (AvgIpc) is 3.28. The number of sulfonamides is 1. The lowest BCUT2D eigenvalue weighted by Crippen LogP contribution is -2.30. The van der Waals surface area contributed by atoms with Crippen LogP contribution in [-0.4, -0.2) is 46.6 Å². The Labute approximate surface area is 127 Å². The summed E-state index contributed by atoms with van der Waals surface area (Å²) in [6.45, 7) is 2.23. The number of hydrogen-bond acceptors (Lipinski definition) is 4. The highest BCUT2D eigenvalue weighted by Gasteiger charge is 2.23. The third-order valence-corrected chi connectivity index (χ3v) is 5.44. The van der Waals surface area contributed by atoms with E-state index in [1.165, 1.54) is 17.1 Å². The van der Waals surface area contributed by atoms with Crippen molar-refractivity contribution >= 4 is 10.0 Å². The molecule has 5 nitrogen and oxygen atoms in total. The fourth-order valence-electron chi connectivity index (χ4n) is 2.05. The molecule has 21 heavy (non-hydrogen) atoms. The van der Waals surface area contributed by atoms with Gasteiger partial charge in [0.05, 0.1) is 11.5 Å². The van der Waals surface area contributed by atoms with Crippen molar-refractivity contribution in [1.82, 2.24) is 9.62 Å². The maximum atomic E-state index is 12.5. The van der Waals surface area contributed by atoms with Crippen molar-refractivity contribution in [3.63, 3.8) is 0 Å². The molecule has 0 aliphatic heterocycles. The van der Waals surface area contributed by atoms with Crippen molar-refractivity contribution in [3.8, 4) is 0 Å². The first-order chi connectivity index (χ1) is 10.0. The molecule has 1 saturated carbocycles. The second kappa shape index (κ2) is 7.35. The Morgan fingerprint density at radius 2 is 2.14 bits per heavy atom. The quantitative estimate of drug-likeness (QED) is 0.701. The minimum atomic E-state index is -3.44. The first-order valence-electron chi connectivity index (χ1n) is 7.31. The highest BCUT2D eigenvalue weighted by molar-refractivity contribution is 7.89. The van der Waals surface area contributed by atoms with Crippen LogP contribution in [0.3, 0.4) is 0 Å². The van der Waals surface area contributed by atoms with Gasteiger partial charge in [0.1, 0.15) is 0 Å². The van der Waals surface area contributed by atoms with Crippen molar-refractivity contribution in [3.05, 3.63) is 29.8 Å². The maximum absolute atomic E-state index is 12.5. The van der Waals surface area contributed by atoms with Gasteiger partial charge in [-0.2, -0.15) is 4.31 Å². The highest BCUT2D eigenvalue weighted by atomic mass is 32.2. The van der Waals surface area contributed by atoms with E-state index in [-0.39, 0.29) is 0 Å². The van der Waals surface area contributed by atoms with Crippen LogP contribution in [0, 0.1) is 5.92 Å². The number of likely N-dealkylation sites (N-methyl/N-ethyl adjacent to an activating group) is 1. The molecule has 1 fully saturated rings. The molecule has 0 aromatic heterocycles. The van der Waals surface area contributed by atoms with Crippen LogP contribution >= 0.6 is 0 Å². The second-order valence-electron chi connectivity index (χ2n) is 5.52. The zero-order valence-corrected chi connectivity index (χ0v) is 13.5. The summed E-state index contributed by atoms with van der Waals surface area (Å²) in [5, 5.41) is 3.02. The van der Waals surface area contributed by atoms with Crippen molar-refractivity contribution in [2.75, 3.05) is 33.9 Å². The Morgan fingerprint density at radius 3 is 2.81 bits per heavy atom. The van der Waals surface area contributed by atoms with Gasteiger partial charge in [-0.05, 0) is 43.5 Å². The summed E-state index contributed by atoms with van der Waals surface area (Å²) in [4.78, 5) is 0.333. The summed E-state index contributed by atoms with van der Waals surface area (Å²) >= 11 is 0. The van der Waals surface area contributed by atoms with Gasteiger partial charge in [-0.1, -0.05) is 12.1 Å². The molecule has 1 aromatic rings. The third-order valence-electron chi connectivity index (χ3n) is 3.59. The molecule has 0 unspecified atom stereocenters. The largest absolute Gasteiger partial charge is 0.380 e. The lowest BCUT2D eigenvalue weighted by atomic mass is 10.2. The van der Waals surface area contributed by atoms with Crippen LogP contribution in [-0.2, 0) is 21.3 Å². The van der Waals surface area contributed by atoms with E-state index >= 15 is 0 Å². The molecule has 1 aromatic carbocycles. The molecule has 1 aliphatic rings. The molecule has 118 valence electrons. The third kappa shape index (κ3) is 4.78. The normalized spacial score (nSPS) is 15.6. The van der Waals surface area contributed by atoms with Gasteiger partial charge in [-0.3, -0.25) is 0 Å². The highest BCUT2D eigenvalue weighted by Crippen LogP contribution is 2.28. The lowest BCUT2D eigenvalue weighted by molar-refractivity contribution is 0.117. The fourth-order valence-corrected chi connectivity index (χ4v) is 3.27. The van der Waals surface area contributed by atoms with Crippen molar-refractivity contribution in [1.29, 1.82) is 0 Å². The lowest BCUT2D eigenvalue weighted by Gasteiger charge is -2.17. The summed E-state index contributed by atoms with van der Waals surface area (Å²) in [7, 11) is -0.00375. The number of ether oxygens (including phenoxy) is 1. The van der Waals surface area contributed by atoms with Gasteiger partial charge in [0.15, 0.2) is 0 Å². The number of hydrogen-bond donors (Lipinski definition) is 1. The smallest absolute Gasteiger partial charge is 0.242 e. The Hall–Kier alpha value is -0.950. The van der Waals surface area contributed by atoms with Crippen molar-refractivity contribution in [2.45, 2.75) is 24.3 Å². The molecular formula is C15H24N2O3S. The first kappa shape index (κ1) is 16.4. The van der Waals surface area contributed by atoms with Gasteiger partial charge in [0.2, 0.25) is 10.0 Å². The van der Waals surface area contributed by atoms with E-state index < -0.39 is 10.0 Å². The van der Waals surface area contributed by atoms with E-state index in [4.69, 9.17) is 4.74 Å². The zero-order chi connectivity index (χ0) is 15.3. The van der Waals surface area contributed by atoms with E-state index in [1.807, 2.05) is 13.1 Å². The Balaban J connectivity index is 1.93. The zero-order valence-electron chi connectivity index (χ0n) is 12.7. The van der Waals surface area contributed by atoms with Crippen LogP contribution in [0.15, 0.2) is 29.2 Å². The fraction of sp³-hybridized carbons (Fsp3) is 0.600. The van der Waals surface area contributed by atoms with E-state index in [2.05, 4.69) is 5.32 Å². The first-order valence-corrected chi connectivity index (χ1v) is 8.75. The number of nitrogens with one attached hydrogen (secondary N) is 1. The summed E-state index contributed by atoms with van der Waals surface area (Å²) in [5.41, 5.74) is 0.956. The van der Waals surface area contributed by atoms with E-state index in [0.29, 0.717) is 30.5 Å². The standard InChI is InChI=1S/C15H24N2O3S/c1-16-11-14-4-3-5-15(10-14)21(18,19)17(2)8-9-20-12-13-6-7-13/h3-5,10,13,16H,6-9,11-12H2,1-2H3. The van der Waals surface area contributed by atoms with E-state index in [9.17, 15) is 8.42 Å². The van der Waals surface area contributed by atoms with Crippen molar-refractivity contribution < 1.29 is 13.2 Å². The number of benzene rings is 1. The summed E-state index contributed by atoms with van der Waals surface area (Å²) in [5.74, 6) is 0.699. The van der Waals surface area contributed by atoms with Crippen LogP contribution in [0.25, 0.3) is 0 Å². The summed E-state index contributed by atoms with van der Waals surface area (Å²) in [6.07, 6.45) is 2.48. The van der Waals surface area contributed by atoms with Crippen LogP contribution < -0.4 is 5.32 Å². The second-order valence-corrected chi connectivity index (χ2v) is 7.57. The Morgan fingerprint density at radius 1 is 1.38 bits per heavy atom. The minimum Gasteiger partial charge on any atom is -0.380 e. The molecule has 0 heterocycles. The average molecular weight is 312 g/mol. The molecule has 0 radical (unpaired) electrons. The van der Waals surface area contributed by atoms with Crippen LogP contribution in [0.1, 0.15) is 18.4 Å². The summed E-state index contributed by atoms with van der Waals surface area (Å²) in [6, 6.07) is 7.04. The van der Waals surface area contributed by atoms with Gasteiger partial charge >= 0.3 is 0 Å². The van der Waals surface area contributed by atoms with Gasteiger partial charge in [0.25, 0.3) is 0 Å².